The molecule has 2 aromatic heterocycles. The minimum Gasteiger partial charge on any atom is -0.476 e. The van der Waals surface area contributed by atoms with E-state index in [9.17, 15) is 14.7 Å². The Morgan fingerprint density at radius 3 is 2.72 bits per heavy atom. The van der Waals surface area contributed by atoms with E-state index in [0.29, 0.717) is 36.5 Å². The number of carbonyl (C=O) groups excluding carboxylic acids is 1. The van der Waals surface area contributed by atoms with Crippen LogP contribution in [0.3, 0.4) is 0 Å². The quantitative estimate of drug-likeness (QED) is 0.810. The summed E-state index contributed by atoms with van der Waals surface area (Å²) in [6.07, 6.45) is 2.07. The molecule has 0 radical (unpaired) electrons. The van der Waals surface area contributed by atoms with Gasteiger partial charge in [-0.3, -0.25) is 9.48 Å². The number of amides is 1. The lowest BCUT2D eigenvalue weighted by atomic mass is 10.0. The molecule has 0 fully saturated rings. The van der Waals surface area contributed by atoms with Crippen LogP contribution in [-0.2, 0) is 19.5 Å². The number of hydrogen-bond donors (Lipinski definition) is 2. The summed E-state index contributed by atoms with van der Waals surface area (Å²) in [6, 6.07) is 0. The van der Waals surface area contributed by atoms with E-state index in [1.165, 1.54) is 6.33 Å². The lowest BCUT2D eigenvalue weighted by molar-refractivity contribution is 0.0672. The molecule has 0 spiro atoms. The van der Waals surface area contributed by atoms with Crippen molar-refractivity contribution >= 4 is 11.9 Å². The van der Waals surface area contributed by atoms with E-state index < -0.39 is 5.97 Å². The van der Waals surface area contributed by atoms with Crippen LogP contribution in [0.15, 0.2) is 6.33 Å². The maximum atomic E-state index is 12.7. The number of carbonyl (C=O) groups is 2. The Labute approximate surface area is 145 Å². The van der Waals surface area contributed by atoms with Gasteiger partial charge in [0, 0.05) is 36.5 Å². The highest BCUT2D eigenvalue weighted by molar-refractivity contribution is 5.94. The summed E-state index contributed by atoms with van der Waals surface area (Å²) in [5.41, 5.74) is 2.64. The van der Waals surface area contributed by atoms with Crippen LogP contribution in [-0.4, -0.2) is 73.7 Å². The van der Waals surface area contributed by atoms with E-state index in [-0.39, 0.29) is 18.1 Å². The number of nitrogens with zero attached hydrogens (tertiary/aromatic N) is 5. The van der Waals surface area contributed by atoms with Crippen LogP contribution >= 0.6 is 0 Å². The van der Waals surface area contributed by atoms with Crippen LogP contribution in [0.1, 0.15) is 37.9 Å². The highest BCUT2D eigenvalue weighted by atomic mass is 16.4. The summed E-state index contributed by atoms with van der Waals surface area (Å²) in [4.78, 5) is 34.9. The van der Waals surface area contributed by atoms with Crippen LogP contribution in [0.25, 0.3) is 0 Å². The Balaban J connectivity index is 1.88. The first-order chi connectivity index (χ1) is 11.9. The van der Waals surface area contributed by atoms with Gasteiger partial charge in [-0.05, 0) is 21.0 Å². The molecule has 134 valence electrons. The number of aryl methyl sites for hydroxylation is 1. The van der Waals surface area contributed by atoms with Crippen LogP contribution in [0.5, 0.6) is 0 Å². The highest BCUT2D eigenvalue weighted by Crippen LogP contribution is 2.24. The molecule has 0 saturated carbocycles. The van der Waals surface area contributed by atoms with E-state index in [4.69, 9.17) is 0 Å². The fourth-order valence-electron chi connectivity index (χ4n) is 3.04. The summed E-state index contributed by atoms with van der Waals surface area (Å²) in [5, 5.41) is 13.7. The summed E-state index contributed by atoms with van der Waals surface area (Å²) in [5.74, 6) is -1.26. The smallest absolute Gasteiger partial charge is 0.356 e. The minimum absolute atomic E-state index is 0.0324. The zero-order valence-corrected chi connectivity index (χ0v) is 14.6. The maximum Gasteiger partial charge on any atom is 0.356 e. The maximum absolute atomic E-state index is 12.7. The molecule has 25 heavy (non-hydrogen) atoms. The molecule has 1 amide bonds. The number of fused-ring (bicyclic) bond motifs is 1. The van der Waals surface area contributed by atoms with Crippen LogP contribution in [0, 0.1) is 6.92 Å². The number of carboxylic acids is 1. The summed E-state index contributed by atoms with van der Waals surface area (Å²) < 4.78 is 1.76. The van der Waals surface area contributed by atoms with Crippen molar-refractivity contribution in [3.05, 3.63) is 34.7 Å². The van der Waals surface area contributed by atoms with Crippen LogP contribution in [0.2, 0.25) is 0 Å². The van der Waals surface area contributed by atoms with Crippen LogP contribution < -0.4 is 0 Å². The Hall–Kier alpha value is -2.68. The molecule has 0 unspecified atom stereocenters. The van der Waals surface area contributed by atoms with E-state index >= 15 is 0 Å². The van der Waals surface area contributed by atoms with E-state index in [0.717, 1.165) is 12.2 Å². The third kappa shape index (κ3) is 3.27. The van der Waals surface area contributed by atoms with Gasteiger partial charge in [-0.15, -0.1) is 0 Å². The first-order valence-corrected chi connectivity index (χ1v) is 8.14. The average molecular weight is 346 g/mol. The Bertz CT molecular complexity index is 807. The molecule has 0 aromatic carbocycles. The zero-order chi connectivity index (χ0) is 18.1. The van der Waals surface area contributed by atoms with Gasteiger partial charge in [0.1, 0.15) is 5.69 Å². The van der Waals surface area contributed by atoms with Gasteiger partial charge >= 0.3 is 5.97 Å². The Kier molecular flexibility index (Phi) is 4.58. The van der Waals surface area contributed by atoms with Gasteiger partial charge in [0.25, 0.3) is 5.91 Å². The molecular weight excluding hydrogens is 324 g/mol. The van der Waals surface area contributed by atoms with Gasteiger partial charge in [-0.25, -0.2) is 9.78 Å². The van der Waals surface area contributed by atoms with Crippen molar-refractivity contribution in [3.8, 4) is 0 Å². The van der Waals surface area contributed by atoms with E-state index in [1.807, 2.05) is 19.0 Å². The van der Waals surface area contributed by atoms with Gasteiger partial charge < -0.3 is 19.9 Å². The molecule has 9 heteroatoms. The fourth-order valence-corrected chi connectivity index (χ4v) is 3.04. The second-order valence-corrected chi connectivity index (χ2v) is 6.46. The molecule has 0 atom stereocenters. The zero-order valence-electron chi connectivity index (χ0n) is 14.6. The number of aromatic amines is 1. The largest absolute Gasteiger partial charge is 0.476 e. The Morgan fingerprint density at radius 2 is 2.12 bits per heavy atom. The minimum atomic E-state index is -1.06. The first kappa shape index (κ1) is 17.2. The highest BCUT2D eigenvalue weighted by Gasteiger charge is 2.31. The summed E-state index contributed by atoms with van der Waals surface area (Å²) in [7, 11) is 3.92. The molecule has 2 N–H and O–H groups in total. The van der Waals surface area contributed by atoms with Crippen molar-refractivity contribution in [2.75, 3.05) is 27.2 Å². The number of likely N-dealkylation sites (N-methyl/N-ethyl adjacent to an activating group) is 1. The monoisotopic (exact) mass is 346 g/mol. The summed E-state index contributed by atoms with van der Waals surface area (Å²) >= 11 is 0. The number of aromatic nitrogens is 4. The predicted molar refractivity (Wildman–Crippen MR) is 89.5 cm³/mol. The lowest BCUT2D eigenvalue weighted by Crippen LogP contribution is -2.37. The standard InChI is InChI=1S/C16H22N6O3/c1-10-13(18-9-17-10)15(23)21-5-4-12-11(8-21)14(16(24)25)19-22(12)7-6-20(2)3/h9H,4-8H2,1-3H3,(H,17,18)(H,24,25). The average Bonchev–Trinajstić information content (AvgIpc) is 3.15. The van der Waals surface area contributed by atoms with Crippen molar-refractivity contribution in [2.24, 2.45) is 0 Å². The van der Waals surface area contributed by atoms with Gasteiger partial charge in [0.2, 0.25) is 0 Å². The topological polar surface area (TPSA) is 107 Å². The summed E-state index contributed by atoms with van der Waals surface area (Å²) in [6.45, 7) is 3.93. The molecular formula is C16H22N6O3. The second kappa shape index (κ2) is 6.67. The number of carboxylic acid groups (broad SMARTS) is 1. The molecule has 3 heterocycles. The number of aromatic carboxylic acids is 1. The van der Waals surface area contributed by atoms with Crippen molar-refractivity contribution in [3.63, 3.8) is 0 Å². The van der Waals surface area contributed by atoms with Crippen molar-refractivity contribution in [1.82, 2.24) is 29.5 Å². The molecule has 9 nitrogen and oxygen atoms in total. The molecule has 3 rings (SSSR count). The van der Waals surface area contributed by atoms with E-state index in [2.05, 4.69) is 15.1 Å². The van der Waals surface area contributed by atoms with Crippen molar-refractivity contribution < 1.29 is 14.7 Å². The number of hydrogen-bond acceptors (Lipinski definition) is 5. The number of imidazole rings is 1. The lowest BCUT2D eigenvalue weighted by Gasteiger charge is -2.27. The predicted octanol–water partition coefficient (Wildman–Crippen LogP) is 0.373. The second-order valence-electron chi connectivity index (χ2n) is 6.46. The van der Waals surface area contributed by atoms with Gasteiger partial charge in [-0.2, -0.15) is 5.10 Å². The normalized spacial score (nSPS) is 14.0. The first-order valence-electron chi connectivity index (χ1n) is 8.14. The number of nitrogens with one attached hydrogen (secondary N) is 1. The number of rotatable bonds is 5. The van der Waals surface area contributed by atoms with Crippen molar-refractivity contribution in [1.29, 1.82) is 0 Å². The van der Waals surface area contributed by atoms with Gasteiger partial charge in [0.05, 0.1) is 19.4 Å². The molecule has 0 aliphatic carbocycles. The third-order valence-electron chi connectivity index (χ3n) is 4.42. The SMILES string of the molecule is Cc1[nH]cnc1C(=O)N1CCc2c(c(C(=O)O)nn2CCN(C)C)C1. The van der Waals surface area contributed by atoms with E-state index in [1.54, 1.807) is 16.5 Å². The number of H-pyrrole nitrogens is 1. The third-order valence-corrected chi connectivity index (χ3v) is 4.42. The molecule has 1 aliphatic rings. The molecule has 0 saturated heterocycles. The van der Waals surface area contributed by atoms with Crippen LogP contribution in [0.4, 0.5) is 0 Å². The molecule has 0 bridgehead atoms. The molecule has 1 aliphatic heterocycles. The fraction of sp³-hybridized carbons (Fsp3) is 0.500. The van der Waals surface area contributed by atoms with Gasteiger partial charge in [-0.1, -0.05) is 0 Å². The van der Waals surface area contributed by atoms with Crippen molar-refractivity contribution in [2.45, 2.75) is 26.4 Å². The Morgan fingerprint density at radius 1 is 1.36 bits per heavy atom. The molecule has 2 aromatic rings. The van der Waals surface area contributed by atoms with Gasteiger partial charge in [0.15, 0.2) is 5.69 Å².